The van der Waals surface area contributed by atoms with Gasteiger partial charge in [-0.15, -0.1) is 0 Å². The van der Waals surface area contributed by atoms with E-state index in [0.717, 1.165) is 51.6 Å². The normalized spacial score (nSPS) is 28.0. The molecule has 1 amide bonds. The number of hydrogen-bond acceptors (Lipinski definition) is 7. The van der Waals surface area contributed by atoms with E-state index in [2.05, 4.69) is 15.3 Å². The highest BCUT2D eigenvalue weighted by atomic mass is 79.9. The largest absolute Gasteiger partial charge is 1.00 e. The number of quaternary nitrogens is 1. The minimum Gasteiger partial charge on any atom is -1.00 e. The van der Waals surface area contributed by atoms with Crippen LogP contribution in [-0.4, -0.2) is 63.7 Å². The minimum atomic E-state index is -1.76. The number of carbonyl (C=O) groups is 2. The smallest absolute Gasteiger partial charge is 0.346 e. The number of aromatic nitrogens is 2. The number of esters is 1. The molecule has 10 heteroatoms. The Morgan fingerprint density at radius 3 is 2.53 bits per heavy atom. The van der Waals surface area contributed by atoms with Gasteiger partial charge in [0.15, 0.2) is 12.6 Å². The molecule has 0 radical (unpaired) electrons. The number of rotatable bonds is 7. The zero-order valence-electron chi connectivity index (χ0n) is 19.1. The number of aliphatic hydroxyl groups is 1. The van der Waals surface area contributed by atoms with Gasteiger partial charge in [0.25, 0.3) is 5.91 Å². The summed E-state index contributed by atoms with van der Waals surface area (Å²) < 4.78 is 12.1. The Bertz CT molecular complexity index is 975. The van der Waals surface area contributed by atoms with Crippen LogP contribution in [0.2, 0.25) is 0 Å². The first-order valence-corrected chi connectivity index (χ1v) is 11.9. The predicted molar refractivity (Wildman–Crippen MR) is 118 cm³/mol. The van der Waals surface area contributed by atoms with Crippen molar-refractivity contribution < 1.29 is 45.3 Å². The second-order valence-electron chi connectivity index (χ2n) is 9.81. The molecule has 2 aromatic heterocycles. The summed E-state index contributed by atoms with van der Waals surface area (Å²) in [5.41, 5.74) is -1.20. The number of hydrogen-bond donors (Lipinski definition) is 2. The van der Waals surface area contributed by atoms with E-state index in [1.165, 1.54) is 12.6 Å². The maximum atomic E-state index is 13.4. The van der Waals surface area contributed by atoms with Crippen molar-refractivity contribution in [2.45, 2.75) is 50.2 Å². The van der Waals surface area contributed by atoms with Crippen LogP contribution in [0.25, 0.3) is 0 Å². The molecule has 1 saturated carbocycles. The highest BCUT2D eigenvalue weighted by Gasteiger charge is 2.54. The molecule has 2 N–H and O–H groups in total. The molecule has 4 fully saturated rings. The maximum absolute atomic E-state index is 13.4. The van der Waals surface area contributed by atoms with Gasteiger partial charge in [0.2, 0.25) is 5.60 Å². The van der Waals surface area contributed by atoms with Crippen molar-refractivity contribution in [3.05, 3.63) is 42.9 Å². The number of furan rings is 1. The van der Waals surface area contributed by atoms with E-state index in [9.17, 15) is 14.7 Å². The summed E-state index contributed by atoms with van der Waals surface area (Å²) in [7, 11) is 0. The van der Waals surface area contributed by atoms with Crippen LogP contribution in [0.1, 0.15) is 44.3 Å². The van der Waals surface area contributed by atoms with E-state index in [4.69, 9.17) is 9.15 Å². The summed E-state index contributed by atoms with van der Waals surface area (Å²) in [6.07, 6.45) is 11.0. The van der Waals surface area contributed by atoms with E-state index in [1.807, 2.05) is 0 Å². The van der Waals surface area contributed by atoms with Gasteiger partial charge >= 0.3 is 5.97 Å². The lowest BCUT2D eigenvalue weighted by Crippen LogP contribution is -3.00. The van der Waals surface area contributed by atoms with Gasteiger partial charge in [0.05, 0.1) is 37.4 Å². The van der Waals surface area contributed by atoms with Crippen LogP contribution in [-0.2, 0) is 19.9 Å². The van der Waals surface area contributed by atoms with Crippen LogP contribution in [0.3, 0.4) is 0 Å². The van der Waals surface area contributed by atoms with Crippen molar-refractivity contribution in [1.82, 2.24) is 9.97 Å². The third kappa shape index (κ3) is 4.76. The minimum absolute atomic E-state index is 0. The van der Waals surface area contributed by atoms with Crippen molar-refractivity contribution in [3.8, 4) is 0 Å². The molecule has 6 rings (SSSR count). The highest BCUT2D eigenvalue weighted by Crippen LogP contribution is 2.43. The van der Waals surface area contributed by atoms with Gasteiger partial charge in [-0.05, 0) is 25.0 Å². The third-order valence-corrected chi connectivity index (χ3v) is 7.78. The monoisotopic (exact) mass is 534 g/mol. The standard InChI is InChI=1S/C24H30N4O5.BrH/c29-22(27-19-12-25-16-26-13-19)15-28-9-7-17(8-10-28)20(14-28)33-23(30)24(31,18-4-1-2-5-18)21-6-3-11-32-21;/h3,6,11-13,16-18,20,31H,1-2,4-5,7-10,14-15H2;1H/t17?,20?,24-,28?;/m1./s1. The topological polar surface area (TPSA) is 115 Å². The number of carbonyl (C=O) groups excluding carboxylic acids is 2. The lowest BCUT2D eigenvalue weighted by molar-refractivity contribution is -0.939. The van der Waals surface area contributed by atoms with Crippen LogP contribution in [0.4, 0.5) is 5.69 Å². The summed E-state index contributed by atoms with van der Waals surface area (Å²) in [5.74, 6) is -0.419. The number of amides is 1. The maximum Gasteiger partial charge on any atom is 0.346 e. The second-order valence-corrected chi connectivity index (χ2v) is 9.81. The summed E-state index contributed by atoms with van der Waals surface area (Å²) in [6, 6.07) is 3.34. The molecule has 2 atom stereocenters. The quantitative estimate of drug-likeness (QED) is 0.354. The first-order valence-electron chi connectivity index (χ1n) is 11.9. The molecule has 0 spiro atoms. The fourth-order valence-corrected chi connectivity index (χ4v) is 5.98. The summed E-state index contributed by atoms with van der Waals surface area (Å²) in [6.45, 7) is 2.64. The predicted octanol–water partition coefficient (Wildman–Crippen LogP) is -0.758. The lowest BCUT2D eigenvalue weighted by atomic mass is 9.81. The molecule has 0 aromatic carbocycles. The van der Waals surface area contributed by atoms with Gasteiger partial charge in [-0.2, -0.15) is 0 Å². The molecule has 5 heterocycles. The van der Waals surface area contributed by atoms with Crippen LogP contribution in [0.5, 0.6) is 0 Å². The Morgan fingerprint density at radius 2 is 1.88 bits per heavy atom. The zero-order chi connectivity index (χ0) is 22.9. The third-order valence-electron chi connectivity index (χ3n) is 7.78. The Labute approximate surface area is 209 Å². The van der Waals surface area contributed by atoms with E-state index < -0.39 is 11.6 Å². The van der Waals surface area contributed by atoms with Gasteiger partial charge in [0.1, 0.15) is 18.6 Å². The molecular formula is C24H31BrN4O5. The van der Waals surface area contributed by atoms with Crippen LogP contribution < -0.4 is 22.3 Å². The molecule has 2 aromatic rings. The Morgan fingerprint density at radius 1 is 1.18 bits per heavy atom. The molecule has 1 unspecified atom stereocenters. The molecule has 3 saturated heterocycles. The van der Waals surface area contributed by atoms with E-state index in [1.54, 1.807) is 24.5 Å². The SMILES string of the molecule is O=C(C[N+]12CCC(CC1)C(OC(=O)[C@](O)(c1ccco1)C1CCCC1)C2)Nc1cncnc1.[Br-]. The van der Waals surface area contributed by atoms with Gasteiger partial charge < -0.3 is 41.0 Å². The Balaban J connectivity index is 0.00000274. The summed E-state index contributed by atoms with van der Waals surface area (Å²) in [5, 5.41) is 14.4. The summed E-state index contributed by atoms with van der Waals surface area (Å²) >= 11 is 0. The van der Waals surface area contributed by atoms with Crippen LogP contribution >= 0.6 is 0 Å². The van der Waals surface area contributed by atoms with Crippen molar-refractivity contribution in [2.24, 2.45) is 11.8 Å². The second kappa shape index (κ2) is 10.1. The molecule has 9 nitrogen and oxygen atoms in total. The molecular weight excluding hydrogens is 504 g/mol. The van der Waals surface area contributed by atoms with Crippen molar-refractivity contribution in [2.75, 3.05) is 31.5 Å². The first kappa shape index (κ1) is 24.8. The lowest BCUT2D eigenvalue weighted by Gasteiger charge is -2.51. The summed E-state index contributed by atoms with van der Waals surface area (Å²) in [4.78, 5) is 34.0. The molecule has 184 valence electrons. The van der Waals surface area contributed by atoms with Gasteiger partial charge in [-0.3, -0.25) is 4.79 Å². The Hall–Kier alpha value is -2.30. The average Bonchev–Trinajstić information content (AvgIpc) is 3.54. The van der Waals surface area contributed by atoms with Crippen LogP contribution in [0.15, 0.2) is 41.5 Å². The van der Waals surface area contributed by atoms with Crippen molar-refractivity contribution in [1.29, 1.82) is 0 Å². The zero-order valence-corrected chi connectivity index (χ0v) is 20.7. The van der Waals surface area contributed by atoms with Crippen molar-refractivity contribution in [3.63, 3.8) is 0 Å². The van der Waals surface area contributed by atoms with E-state index >= 15 is 0 Å². The average molecular weight is 535 g/mol. The fraction of sp³-hybridized carbons (Fsp3) is 0.583. The van der Waals surface area contributed by atoms with Gasteiger partial charge in [0, 0.05) is 24.7 Å². The molecule has 4 aliphatic rings. The molecule has 2 bridgehead atoms. The molecule has 3 aliphatic heterocycles. The van der Waals surface area contributed by atoms with E-state index in [0.29, 0.717) is 23.3 Å². The van der Waals surface area contributed by atoms with Crippen LogP contribution in [0, 0.1) is 11.8 Å². The first-order chi connectivity index (χ1) is 16.0. The number of anilines is 1. The number of halogens is 1. The number of nitrogens with one attached hydrogen (secondary N) is 1. The van der Waals surface area contributed by atoms with Crippen molar-refractivity contribution >= 4 is 17.6 Å². The Kier molecular flexibility index (Phi) is 7.39. The van der Waals surface area contributed by atoms with Gasteiger partial charge in [-0.25, -0.2) is 14.8 Å². The molecule has 34 heavy (non-hydrogen) atoms. The number of fused-ring (bicyclic) bond motifs is 3. The van der Waals surface area contributed by atoms with Gasteiger partial charge in [-0.1, -0.05) is 12.8 Å². The number of ether oxygens (including phenoxy) is 1. The number of piperidine rings is 3. The fourth-order valence-electron chi connectivity index (χ4n) is 5.98. The number of nitrogens with zero attached hydrogens (tertiary/aromatic N) is 3. The highest BCUT2D eigenvalue weighted by molar-refractivity contribution is 5.91. The van der Waals surface area contributed by atoms with E-state index in [-0.39, 0.29) is 46.6 Å². The molecule has 1 aliphatic carbocycles.